The summed E-state index contributed by atoms with van der Waals surface area (Å²) in [4.78, 5) is 2.67. The summed E-state index contributed by atoms with van der Waals surface area (Å²) in [5, 5.41) is 1.21. The number of piperidine rings is 1. The van der Waals surface area contributed by atoms with Crippen molar-refractivity contribution in [2.75, 3.05) is 25.0 Å². The van der Waals surface area contributed by atoms with Gasteiger partial charge in [0.05, 0.1) is 0 Å². The highest BCUT2D eigenvalue weighted by molar-refractivity contribution is 9.09. The minimum absolute atomic E-state index is 0.945. The lowest BCUT2D eigenvalue weighted by molar-refractivity contribution is 0.191. The number of nitrogens with zero attached hydrogens (tertiary/aromatic N) is 1. The van der Waals surface area contributed by atoms with Crippen molar-refractivity contribution >= 4 is 15.9 Å². The van der Waals surface area contributed by atoms with Crippen LogP contribution < -0.4 is 0 Å². The molecule has 0 aliphatic carbocycles. The summed E-state index contributed by atoms with van der Waals surface area (Å²) in [5.41, 5.74) is 0. The molecule has 17 heavy (non-hydrogen) atoms. The molecule has 1 nitrogen and oxygen atoms in total. The number of hydrogen-bond acceptors (Lipinski definition) is 1. The molecule has 0 aromatic rings. The van der Waals surface area contributed by atoms with Crippen molar-refractivity contribution in [2.24, 2.45) is 5.92 Å². The van der Waals surface area contributed by atoms with Gasteiger partial charge in [0.2, 0.25) is 0 Å². The summed E-state index contributed by atoms with van der Waals surface area (Å²) in [6, 6.07) is 0. The van der Waals surface area contributed by atoms with Crippen molar-refractivity contribution in [3.63, 3.8) is 0 Å². The first-order valence-electron chi connectivity index (χ1n) is 7.65. The van der Waals surface area contributed by atoms with Gasteiger partial charge in [-0.1, -0.05) is 61.4 Å². The first kappa shape index (κ1) is 15.5. The fourth-order valence-corrected chi connectivity index (χ4v) is 3.30. The van der Waals surface area contributed by atoms with Crippen LogP contribution in [0.1, 0.15) is 64.7 Å². The topological polar surface area (TPSA) is 3.24 Å². The van der Waals surface area contributed by atoms with E-state index in [9.17, 15) is 0 Å². The Morgan fingerprint density at radius 2 is 1.53 bits per heavy atom. The van der Waals surface area contributed by atoms with E-state index in [1.807, 2.05) is 0 Å². The third-order valence-corrected chi connectivity index (χ3v) is 4.92. The Morgan fingerprint density at radius 1 is 0.941 bits per heavy atom. The predicted octanol–water partition coefficient (Wildman–Crippen LogP) is 4.84. The highest BCUT2D eigenvalue weighted by Crippen LogP contribution is 2.19. The molecule has 1 aliphatic heterocycles. The third kappa shape index (κ3) is 7.46. The van der Waals surface area contributed by atoms with Gasteiger partial charge in [-0.2, -0.15) is 0 Å². The van der Waals surface area contributed by atoms with Gasteiger partial charge in [-0.25, -0.2) is 0 Å². The summed E-state index contributed by atoms with van der Waals surface area (Å²) in [7, 11) is 0. The highest BCUT2D eigenvalue weighted by atomic mass is 79.9. The molecule has 0 saturated carbocycles. The zero-order valence-corrected chi connectivity index (χ0v) is 13.2. The van der Waals surface area contributed by atoms with Crippen molar-refractivity contribution < 1.29 is 0 Å². The van der Waals surface area contributed by atoms with Crippen LogP contribution in [0.25, 0.3) is 0 Å². The van der Waals surface area contributed by atoms with Crippen molar-refractivity contribution in [2.45, 2.75) is 64.7 Å². The first-order chi connectivity index (χ1) is 8.36. The van der Waals surface area contributed by atoms with Crippen LogP contribution in [0.2, 0.25) is 0 Å². The van der Waals surface area contributed by atoms with Crippen molar-refractivity contribution in [3.8, 4) is 0 Å². The average Bonchev–Trinajstić information content (AvgIpc) is 2.38. The van der Waals surface area contributed by atoms with E-state index in [1.54, 1.807) is 0 Å². The molecule has 0 bridgehead atoms. The Balaban J connectivity index is 1.87. The van der Waals surface area contributed by atoms with Gasteiger partial charge in [0, 0.05) is 5.33 Å². The standard InChI is InChI=1S/C15H30BrN/c1-2-3-4-5-6-7-8-11-17-12-9-15(14-16)10-13-17/h15H,2-14H2,1H3. The molecule has 102 valence electrons. The van der Waals surface area contributed by atoms with E-state index in [4.69, 9.17) is 0 Å². The van der Waals surface area contributed by atoms with E-state index in [2.05, 4.69) is 27.8 Å². The summed E-state index contributed by atoms with van der Waals surface area (Å²) >= 11 is 3.61. The van der Waals surface area contributed by atoms with Gasteiger partial charge >= 0.3 is 0 Å². The van der Waals surface area contributed by atoms with Gasteiger partial charge in [-0.05, 0) is 44.8 Å². The molecular formula is C15H30BrN. The summed E-state index contributed by atoms with van der Waals surface area (Å²) in [6.07, 6.45) is 12.8. The second kappa shape index (κ2) is 10.4. The van der Waals surface area contributed by atoms with Crippen LogP contribution >= 0.6 is 15.9 Å². The van der Waals surface area contributed by atoms with Crippen LogP contribution in [0.5, 0.6) is 0 Å². The Labute approximate surface area is 116 Å². The first-order valence-corrected chi connectivity index (χ1v) is 8.77. The Kier molecular flexibility index (Phi) is 9.45. The van der Waals surface area contributed by atoms with E-state index in [1.165, 1.54) is 82.8 Å². The van der Waals surface area contributed by atoms with E-state index >= 15 is 0 Å². The van der Waals surface area contributed by atoms with Crippen LogP contribution in [0.4, 0.5) is 0 Å². The zero-order valence-electron chi connectivity index (χ0n) is 11.6. The average molecular weight is 304 g/mol. The molecule has 1 heterocycles. The lowest BCUT2D eigenvalue weighted by Crippen LogP contribution is -2.34. The van der Waals surface area contributed by atoms with Crippen LogP contribution in [0.15, 0.2) is 0 Å². The largest absolute Gasteiger partial charge is 0.303 e. The zero-order chi connectivity index (χ0) is 12.3. The van der Waals surface area contributed by atoms with Crippen LogP contribution in [-0.4, -0.2) is 29.9 Å². The number of halogens is 1. The number of likely N-dealkylation sites (tertiary alicyclic amines) is 1. The van der Waals surface area contributed by atoms with E-state index in [-0.39, 0.29) is 0 Å². The minimum Gasteiger partial charge on any atom is -0.303 e. The molecule has 1 fully saturated rings. The van der Waals surface area contributed by atoms with Gasteiger partial charge in [0.15, 0.2) is 0 Å². The monoisotopic (exact) mass is 303 g/mol. The van der Waals surface area contributed by atoms with Crippen molar-refractivity contribution in [3.05, 3.63) is 0 Å². The number of rotatable bonds is 9. The van der Waals surface area contributed by atoms with Crippen molar-refractivity contribution in [1.29, 1.82) is 0 Å². The Hall–Kier alpha value is 0.440. The fraction of sp³-hybridized carbons (Fsp3) is 1.00. The van der Waals surface area contributed by atoms with Crippen LogP contribution in [0.3, 0.4) is 0 Å². The molecule has 0 atom stereocenters. The molecule has 1 saturated heterocycles. The summed E-state index contributed by atoms with van der Waals surface area (Å²) in [5.74, 6) is 0.945. The van der Waals surface area contributed by atoms with Crippen molar-refractivity contribution in [1.82, 2.24) is 4.90 Å². The molecule has 2 heteroatoms. The molecule has 0 aromatic heterocycles. The normalized spacial score (nSPS) is 18.7. The van der Waals surface area contributed by atoms with Crippen LogP contribution in [0, 0.1) is 5.92 Å². The SMILES string of the molecule is CCCCCCCCCN1CCC(CBr)CC1. The van der Waals surface area contributed by atoms with Crippen LogP contribution in [-0.2, 0) is 0 Å². The Bertz CT molecular complexity index is 164. The molecular weight excluding hydrogens is 274 g/mol. The second-order valence-electron chi connectivity index (χ2n) is 5.56. The molecule has 0 aromatic carbocycles. The van der Waals surface area contributed by atoms with Gasteiger partial charge in [0.1, 0.15) is 0 Å². The van der Waals surface area contributed by atoms with Gasteiger partial charge in [-0.15, -0.1) is 0 Å². The molecule has 0 spiro atoms. The smallest absolute Gasteiger partial charge is 0.00606 e. The molecule has 1 aliphatic rings. The van der Waals surface area contributed by atoms with Gasteiger partial charge in [0.25, 0.3) is 0 Å². The van der Waals surface area contributed by atoms with E-state index in [0.29, 0.717) is 0 Å². The quantitative estimate of drug-likeness (QED) is 0.435. The molecule has 0 unspecified atom stereocenters. The van der Waals surface area contributed by atoms with Gasteiger partial charge < -0.3 is 4.90 Å². The summed E-state index contributed by atoms with van der Waals surface area (Å²) < 4.78 is 0. The maximum absolute atomic E-state index is 3.61. The van der Waals surface area contributed by atoms with Gasteiger partial charge in [-0.3, -0.25) is 0 Å². The predicted molar refractivity (Wildman–Crippen MR) is 81.0 cm³/mol. The fourth-order valence-electron chi connectivity index (χ4n) is 2.66. The maximum atomic E-state index is 3.61. The summed E-state index contributed by atoms with van der Waals surface area (Å²) in [6.45, 7) is 6.32. The number of alkyl halides is 1. The lowest BCUT2D eigenvalue weighted by atomic mass is 9.99. The lowest BCUT2D eigenvalue weighted by Gasteiger charge is -2.31. The highest BCUT2D eigenvalue weighted by Gasteiger charge is 2.17. The number of hydrogen-bond donors (Lipinski definition) is 0. The molecule has 0 amide bonds. The maximum Gasteiger partial charge on any atom is 0.00606 e. The molecule has 0 radical (unpaired) electrons. The third-order valence-electron chi connectivity index (χ3n) is 4.00. The molecule has 0 N–H and O–H groups in total. The number of unbranched alkanes of at least 4 members (excludes halogenated alkanes) is 6. The minimum atomic E-state index is 0.945. The molecule has 1 rings (SSSR count). The van der Waals surface area contributed by atoms with E-state index in [0.717, 1.165) is 5.92 Å². The second-order valence-corrected chi connectivity index (χ2v) is 6.21. The Morgan fingerprint density at radius 3 is 2.12 bits per heavy atom. The van der Waals surface area contributed by atoms with E-state index < -0.39 is 0 Å².